The number of β-amino-alcohol motifs (C(OH)–C–C–N with tert-alkyl or cyclic N) is 1. The molecule has 2 aliphatic rings. The predicted octanol–water partition coefficient (Wildman–Crippen LogP) is 1.77. The molecule has 138 valence electrons. The fourth-order valence-corrected chi connectivity index (χ4v) is 3.78. The summed E-state index contributed by atoms with van der Waals surface area (Å²) < 4.78 is 0. The number of hydrogen-bond donors (Lipinski definition) is 2. The first-order valence-corrected chi connectivity index (χ1v) is 9.59. The molecule has 2 N–H and O–H groups in total. The maximum atomic E-state index is 12.4. The van der Waals surface area contributed by atoms with Crippen LogP contribution in [0.3, 0.4) is 0 Å². The van der Waals surface area contributed by atoms with Crippen LogP contribution in [0.2, 0.25) is 0 Å². The average molecular weight is 338 g/mol. The van der Waals surface area contributed by atoms with E-state index < -0.39 is 0 Å². The van der Waals surface area contributed by atoms with Crippen molar-refractivity contribution >= 4 is 5.91 Å². The highest BCUT2D eigenvalue weighted by Crippen LogP contribution is 2.19. The molecule has 0 unspecified atom stereocenters. The fraction of sp³-hybridized carbons (Fsp3) is 0.842. The molecule has 0 radical (unpaired) electrons. The van der Waals surface area contributed by atoms with E-state index in [-0.39, 0.29) is 18.1 Å². The number of nitrogens with one attached hydrogen (secondary N) is 1. The summed E-state index contributed by atoms with van der Waals surface area (Å²) in [4.78, 5) is 17.0. The molecule has 1 saturated heterocycles. The third-order valence-electron chi connectivity index (χ3n) is 5.35. The summed E-state index contributed by atoms with van der Waals surface area (Å²) in [7, 11) is 0. The van der Waals surface area contributed by atoms with Gasteiger partial charge in [-0.1, -0.05) is 11.6 Å². The number of carbonyl (C=O) groups excluding carboxylic acids is 1. The molecule has 2 rings (SSSR count). The molecule has 0 aromatic heterocycles. The molecular weight excluding hydrogens is 302 g/mol. The van der Waals surface area contributed by atoms with E-state index in [2.05, 4.69) is 28.1 Å². The molecule has 1 heterocycles. The van der Waals surface area contributed by atoms with Gasteiger partial charge in [-0.15, -0.1) is 0 Å². The number of nitrogens with zero attached hydrogens (tertiary/aromatic N) is 2. The smallest absolute Gasteiger partial charge is 0.237 e. The Morgan fingerprint density at radius 2 is 2.17 bits per heavy atom. The number of piperazine rings is 1. The van der Waals surface area contributed by atoms with Gasteiger partial charge in [0.1, 0.15) is 0 Å². The first kappa shape index (κ1) is 19.4. The monoisotopic (exact) mass is 337 g/mol. The van der Waals surface area contributed by atoms with Crippen molar-refractivity contribution in [3.63, 3.8) is 0 Å². The van der Waals surface area contributed by atoms with Crippen molar-refractivity contribution in [2.24, 2.45) is 0 Å². The summed E-state index contributed by atoms with van der Waals surface area (Å²) in [6.07, 6.45) is 8.06. The third kappa shape index (κ3) is 5.87. The van der Waals surface area contributed by atoms with E-state index in [0.29, 0.717) is 12.6 Å². The van der Waals surface area contributed by atoms with Gasteiger partial charge in [0.25, 0.3) is 0 Å². The Labute approximate surface area is 147 Å². The highest BCUT2D eigenvalue weighted by molar-refractivity contribution is 5.81. The van der Waals surface area contributed by atoms with E-state index >= 15 is 0 Å². The van der Waals surface area contributed by atoms with Crippen LogP contribution in [-0.4, -0.2) is 71.7 Å². The van der Waals surface area contributed by atoms with Crippen LogP contribution in [0.1, 0.15) is 52.9 Å². The van der Waals surface area contributed by atoms with Gasteiger partial charge >= 0.3 is 0 Å². The highest BCUT2D eigenvalue weighted by Gasteiger charge is 2.29. The van der Waals surface area contributed by atoms with Crippen molar-refractivity contribution in [2.45, 2.75) is 71.1 Å². The molecule has 1 aliphatic carbocycles. The molecule has 0 spiro atoms. The van der Waals surface area contributed by atoms with Crippen molar-refractivity contribution in [1.29, 1.82) is 0 Å². The van der Waals surface area contributed by atoms with Crippen LogP contribution >= 0.6 is 0 Å². The molecule has 3 atom stereocenters. The van der Waals surface area contributed by atoms with Gasteiger partial charge in [-0.3, -0.25) is 14.6 Å². The third-order valence-corrected chi connectivity index (χ3v) is 5.35. The Hall–Kier alpha value is -0.910. The predicted molar refractivity (Wildman–Crippen MR) is 97.9 cm³/mol. The average Bonchev–Trinajstić information content (AvgIpc) is 2.56. The molecular formula is C19H35N3O2. The van der Waals surface area contributed by atoms with Gasteiger partial charge in [-0.2, -0.15) is 0 Å². The quantitative estimate of drug-likeness (QED) is 0.695. The van der Waals surface area contributed by atoms with Crippen LogP contribution < -0.4 is 5.32 Å². The van der Waals surface area contributed by atoms with Crippen LogP contribution in [0.4, 0.5) is 0 Å². The SMILES string of the molecule is C[C@H](O)CN1CCN([C@@H](C)C(=O)NCCC2=CCCCC2)C[C@@H]1C. The van der Waals surface area contributed by atoms with E-state index in [1.165, 1.54) is 31.3 Å². The lowest BCUT2D eigenvalue weighted by Gasteiger charge is -2.42. The van der Waals surface area contributed by atoms with Crippen molar-refractivity contribution in [3.8, 4) is 0 Å². The lowest BCUT2D eigenvalue weighted by molar-refractivity contribution is -0.127. The topological polar surface area (TPSA) is 55.8 Å². The Morgan fingerprint density at radius 3 is 2.79 bits per heavy atom. The number of rotatable bonds is 7. The Kier molecular flexibility index (Phi) is 7.72. The van der Waals surface area contributed by atoms with Gasteiger partial charge in [0, 0.05) is 38.8 Å². The van der Waals surface area contributed by atoms with E-state index in [9.17, 15) is 9.90 Å². The first-order chi connectivity index (χ1) is 11.5. The van der Waals surface area contributed by atoms with Gasteiger partial charge in [0.05, 0.1) is 12.1 Å². The molecule has 24 heavy (non-hydrogen) atoms. The Morgan fingerprint density at radius 1 is 1.38 bits per heavy atom. The molecule has 1 aliphatic heterocycles. The van der Waals surface area contributed by atoms with E-state index in [1.807, 2.05) is 13.8 Å². The summed E-state index contributed by atoms with van der Waals surface area (Å²) >= 11 is 0. The second kappa shape index (κ2) is 9.54. The van der Waals surface area contributed by atoms with E-state index in [1.54, 1.807) is 0 Å². The summed E-state index contributed by atoms with van der Waals surface area (Å²) in [5.41, 5.74) is 1.51. The lowest BCUT2D eigenvalue weighted by Crippen LogP contribution is -2.58. The molecule has 5 heteroatoms. The second-order valence-corrected chi connectivity index (χ2v) is 7.51. The largest absolute Gasteiger partial charge is 0.392 e. The summed E-state index contributed by atoms with van der Waals surface area (Å²) in [5, 5.41) is 12.7. The normalized spacial score (nSPS) is 25.8. The van der Waals surface area contributed by atoms with Crippen LogP contribution in [-0.2, 0) is 4.79 Å². The standard InChI is InChI=1S/C19H35N3O2/c1-15-13-22(12-11-21(15)14-16(2)23)17(3)19(24)20-10-9-18-7-5-4-6-8-18/h7,15-17,23H,4-6,8-14H2,1-3H3,(H,20,24)/t15-,16-,17-/m0/s1. The molecule has 1 fully saturated rings. The minimum Gasteiger partial charge on any atom is -0.392 e. The molecule has 0 bridgehead atoms. The zero-order valence-electron chi connectivity index (χ0n) is 15.6. The summed E-state index contributed by atoms with van der Waals surface area (Å²) in [5.74, 6) is 0.141. The molecule has 5 nitrogen and oxygen atoms in total. The molecule has 0 aromatic rings. The lowest BCUT2D eigenvalue weighted by atomic mass is 9.97. The van der Waals surface area contributed by atoms with Gasteiger partial charge < -0.3 is 10.4 Å². The first-order valence-electron chi connectivity index (χ1n) is 9.59. The maximum Gasteiger partial charge on any atom is 0.237 e. The number of carbonyl (C=O) groups is 1. The number of aliphatic hydroxyl groups excluding tert-OH is 1. The maximum absolute atomic E-state index is 12.4. The molecule has 0 aromatic carbocycles. The zero-order valence-corrected chi connectivity index (χ0v) is 15.6. The fourth-order valence-electron chi connectivity index (χ4n) is 3.78. The van der Waals surface area contributed by atoms with Gasteiger partial charge in [-0.05, 0) is 52.9 Å². The summed E-state index contributed by atoms with van der Waals surface area (Å²) in [6, 6.07) is 0.289. The van der Waals surface area contributed by atoms with Crippen LogP contribution in [0, 0.1) is 0 Å². The minimum absolute atomic E-state index is 0.0820. The number of amides is 1. The summed E-state index contributed by atoms with van der Waals surface area (Å²) in [6.45, 7) is 10.2. The van der Waals surface area contributed by atoms with Crippen molar-refractivity contribution in [3.05, 3.63) is 11.6 Å². The van der Waals surface area contributed by atoms with Crippen LogP contribution in [0.25, 0.3) is 0 Å². The Bertz CT molecular complexity index is 436. The van der Waals surface area contributed by atoms with Crippen LogP contribution in [0.5, 0.6) is 0 Å². The van der Waals surface area contributed by atoms with E-state index in [0.717, 1.165) is 32.6 Å². The Balaban J connectivity index is 1.71. The van der Waals surface area contributed by atoms with Gasteiger partial charge in [0.15, 0.2) is 0 Å². The minimum atomic E-state index is -0.297. The highest BCUT2D eigenvalue weighted by atomic mass is 16.3. The second-order valence-electron chi connectivity index (χ2n) is 7.51. The van der Waals surface area contributed by atoms with Crippen LogP contribution in [0.15, 0.2) is 11.6 Å². The van der Waals surface area contributed by atoms with Crippen molar-refractivity contribution < 1.29 is 9.90 Å². The molecule has 1 amide bonds. The number of allylic oxidation sites excluding steroid dienone is 1. The van der Waals surface area contributed by atoms with E-state index in [4.69, 9.17) is 0 Å². The van der Waals surface area contributed by atoms with Crippen molar-refractivity contribution in [1.82, 2.24) is 15.1 Å². The van der Waals surface area contributed by atoms with Crippen molar-refractivity contribution in [2.75, 3.05) is 32.7 Å². The molecule has 0 saturated carbocycles. The number of hydrogen-bond acceptors (Lipinski definition) is 4. The van der Waals surface area contributed by atoms with Gasteiger partial charge in [-0.25, -0.2) is 0 Å². The zero-order chi connectivity index (χ0) is 17.5. The number of aliphatic hydroxyl groups is 1. The van der Waals surface area contributed by atoms with Gasteiger partial charge in [0.2, 0.25) is 5.91 Å².